The Kier molecular flexibility index (Phi) is 12.4. The molecule has 0 unspecified atom stereocenters. The largest absolute Gasteiger partial charge is 0.497 e. The number of nitrogens with one attached hydrogen (secondary N) is 2. The molecule has 0 atom stereocenters. The van der Waals surface area contributed by atoms with Crippen LogP contribution < -0.4 is 34.7 Å². The Balaban J connectivity index is 1.01. The number of methoxy groups -OCH3 is 3. The Hall–Kier alpha value is -7.49. The highest BCUT2D eigenvalue weighted by molar-refractivity contribution is 6.17. The van der Waals surface area contributed by atoms with E-state index in [1.54, 1.807) is 50.6 Å². The molecule has 0 aliphatic heterocycles. The number of halogens is 2. The number of H-pyrrole nitrogens is 1. The highest BCUT2D eigenvalue weighted by atomic mass is 19.1. The normalized spacial score (nSPS) is 12.1. The SMILES string of the molecule is C=C(COc1cc(C(=O)c2c[nH]c3cc(OC)ccc23)cc(OC)c1OC)C(=O)N(C)CCOc1c(N)ncnc1-c1cc(F)cc(NC(=O)c2ccc(C3CC3)cc2F)c1C. The van der Waals surface area contributed by atoms with Gasteiger partial charge in [0.05, 0.1) is 33.4 Å². The Morgan fingerprint density at radius 3 is 2.40 bits per heavy atom. The molecule has 14 nitrogen and oxygen atoms in total. The van der Waals surface area contributed by atoms with E-state index in [-0.39, 0.29) is 88.0 Å². The Morgan fingerprint density at radius 2 is 1.69 bits per heavy atom. The van der Waals surface area contributed by atoms with Crippen LogP contribution in [0.2, 0.25) is 0 Å². The van der Waals surface area contributed by atoms with Gasteiger partial charge in [0.15, 0.2) is 28.8 Å². The fourth-order valence-electron chi connectivity index (χ4n) is 6.98. The number of nitrogens with two attached hydrogens (primary N) is 1. The molecule has 1 saturated carbocycles. The standard InChI is InChI=1S/C46H44F2N6O8/c1-24(22-62-39-17-28(16-38(59-5)42(39)60-6)41(55)34-21-50-37-20-30(58-4)10-12-31(34)37)46(57)54(3)13-14-61-43-40(51-23-52-44(43)49)33-18-29(47)19-36(25(33)2)53-45(56)32-11-9-27(15-35(32)48)26-7-8-26/h9-12,15-21,23,26,50H,1,7-8,13-14,22H2,2-6H3,(H,53,56)(H2,49,51,52). The zero-order valence-corrected chi connectivity index (χ0v) is 34.7. The lowest BCUT2D eigenvalue weighted by Gasteiger charge is -2.21. The van der Waals surface area contributed by atoms with Crippen LogP contribution in [0.3, 0.4) is 0 Å². The van der Waals surface area contributed by atoms with Crippen LogP contribution >= 0.6 is 0 Å². The number of nitrogen functional groups attached to an aromatic ring is 1. The van der Waals surface area contributed by atoms with Crippen molar-refractivity contribution in [2.24, 2.45) is 0 Å². The molecule has 1 aliphatic carbocycles. The van der Waals surface area contributed by atoms with Crippen LogP contribution in [-0.4, -0.2) is 85.6 Å². The smallest absolute Gasteiger partial charge is 0.258 e. The number of likely N-dealkylation sites (N-methyl/N-ethyl adjacent to an activating group) is 1. The number of ether oxygens (including phenoxy) is 5. The molecule has 0 radical (unpaired) electrons. The second kappa shape index (κ2) is 18.0. The van der Waals surface area contributed by atoms with Gasteiger partial charge in [-0.05, 0) is 85.3 Å². The number of fused-ring (bicyclic) bond motifs is 1. The number of benzene rings is 4. The molecule has 16 heteroatoms. The van der Waals surface area contributed by atoms with Crippen molar-refractivity contribution in [1.29, 1.82) is 0 Å². The van der Waals surface area contributed by atoms with Crippen LogP contribution in [0.4, 0.5) is 20.3 Å². The molecule has 4 N–H and O–H groups in total. The minimum absolute atomic E-state index is 0.0195. The summed E-state index contributed by atoms with van der Waals surface area (Å²) in [5.41, 5.74) is 9.21. The van der Waals surface area contributed by atoms with Gasteiger partial charge >= 0.3 is 0 Å². The Morgan fingerprint density at radius 1 is 0.919 bits per heavy atom. The minimum Gasteiger partial charge on any atom is -0.497 e. The number of hydrogen-bond acceptors (Lipinski definition) is 11. The van der Waals surface area contributed by atoms with Gasteiger partial charge in [0.25, 0.3) is 11.8 Å². The third-order valence-corrected chi connectivity index (χ3v) is 10.6. The van der Waals surface area contributed by atoms with Gasteiger partial charge in [-0.25, -0.2) is 18.7 Å². The van der Waals surface area contributed by atoms with Gasteiger partial charge in [0.1, 0.15) is 42.6 Å². The van der Waals surface area contributed by atoms with Crippen LogP contribution in [0.25, 0.3) is 22.2 Å². The number of carbonyl (C=O) groups excluding carboxylic acids is 3. The van der Waals surface area contributed by atoms with Crippen molar-refractivity contribution in [3.63, 3.8) is 0 Å². The molecule has 7 rings (SSSR count). The monoisotopic (exact) mass is 846 g/mol. The summed E-state index contributed by atoms with van der Waals surface area (Å²) in [7, 11) is 5.95. The number of aromatic nitrogens is 3. The highest BCUT2D eigenvalue weighted by Gasteiger charge is 2.27. The van der Waals surface area contributed by atoms with Crippen molar-refractivity contribution in [1.82, 2.24) is 19.9 Å². The van der Waals surface area contributed by atoms with Gasteiger partial charge in [-0.1, -0.05) is 12.6 Å². The average Bonchev–Trinajstić information content (AvgIpc) is 4.04. The summed E-state index contributed by atoms with van der Waals surface area (Å²) in [4.78, 5) is 53.2. The molecule has 4 aromatic carbocycles. The van der Waals surface area contributed by atoms with Gasteiger partial charge < -0.3 is 44.6 Å². The minimum atomic E-state index is -0.742. The highest BCUT2D eigenvalue weighted by Crippen LogP contribution is 2.42. The zero-order chi connectivity index (χ0) is 44.2. The number of carbonyl (C=O) groups is 3. The molecule has 2 aromatic heterocycles. The van der Waals surface area contributed by atoms with Crippen molar-refractivity contribution in [3.8, 4) is 40.0 Å². The number of aromatic amines is 1. The van der Waals surface area contributed by atoms with E-state index in [9.17, 15) is 18.8 Å². The van der Waals surface area contributed by atoms with Gasteiger partial charge in [-0.2, -0.15) is 0 Å². The Labute approximate surface area is 355 Å². The second-order valence-corrected chi connectivity index (χ2v) is 14.7. The molecule has 6 aromatic rings. The molecule has 62 heavy (non-hydrogen) atoms. The number of hydrogen-bond donors (Lipinski definition) is 3. The van der Waals surface area contributed by atoms with Gasteiger partial charge in [-0.3, -0.25) is 14.4 Å². The van der Waals surface area contributed by atoms with Crippen LogP contribution in [0.15, 0.2) is 85.3 Å². The summed E-state index contributed by atoms with van der Waals surface area (Å²) in [6.07, 6.45) is 4.77. The molecule has 2 heterocycles. The fraction of sp³-hybridized carbons (Fsp3) is 0.239. The molecular formula is C46H44F2N6O8. The predicted molar refractivity (Wildman–Crippen MR) is 228 cm³/mol. The van der Waals surface area contributed by atoms with Crippen molar-refractivity contribution < 1.29 is 46.8 Å². The molecule has 1 fully saturated rings. The molecule has 1 aliphatic rings. The maximum absolute atomic E-state index is 15.1. The number of amides is 2. The lowest BCUT2D eigenvalue weighted by Crippen LogP contribution is -2.33. The first-order valence-electron chi connectivity index (χ1n) is 19.5. The van der Waals surface area contributed by atoms with E-state index in [1.807, 2.05) is 0 Å². The number of nitrogens with zero attached hydrogens (tertiary/aromatic N) is 3. The van der Waals surface area contributed by atoms with Gasteiger partial charge in [-0.15, -0.1) is 0 Å². The first-order chi connectivity index (χ1) is 29.8. The quantitative estimate of drug-likeness (QED) is 0.0606. The topological polar surface area (TPSA) is 180 Å². The van der Waals surface area contributed by atoms with Crippen LogP contribution in [0.1, 0.15) is 56.2 Å². The van der Waals surface area contributed by atoms with E-state index in [0.29, 0.717) is 28.2 Å². The third-order valence-electron chi connectivity index (χ3n) is 10.6. The van der Waals surface area contributed by atoms with E-state index in [1.165, 1.54) is 56.8 Å². The molecule has 0 saturated heterocycles. The van der Waals surface area contributed by atoms with Crippen molar-refractivity contribution in [3.05, 3.63) is 125 Å². The van der Waals surface area contributed by atoms with Crippen molar-refractivity contribution in [2.45, 2.75) is 25.7 Å². The van der Waals surface area contributed by atoms with E-state index in [0.717, 1.165) is 30.0 Å². The summed E-state index contributed by atoms with van der Waals surface area (Å²) in [5, 5.41) is 3.32. The summed E-state index contributed by atoms with van der Waals surface area (Å²) in [6.45, 7) is 5.23. The first kappa shape index (κ1) is 42.6. The first-order valence-corrected chi connectivity index (χ1v) is 19.5. The second-order valence-electron chi connectivity index (χ2n) is 14.7. The Bertz CT molecular complexity index is 2730. The summed E-state index contributed by atoms with van der Waals surface area (Å²) in [6, 6.07) is 15.3. The van der Waals surface area contributed by atoms with Gasteiger partial charge in [0.2, 0.25) is 5.75 Å². The van der Waals surface area contributed by atoms with Crippen LogP contribution in [-0.2, 0) is 4.79 Å². The number of rotatable bonds is 17. The van der Waals surface area contributed by atoms with E-state index >= 15 is 4.39 Å². The summed E-state index contributed by atoms with van der Waals surface area (Å²) in [5.74, 6) is -1.38. The van der Waals surface area contributed by atoms with E-state index in [4.69, 9.17) is 29.4 Å². The molecule has 320 valence electrons. The fourth-order valence-corrected chi connectivity index (χ4v) is 6.98. The van der Waals surface area contributed by atoms with E-state index < -0.39 is 23.4 Å². The lowest BCUT2D eigenvalue weighted by atomic mass is 10.0. The third kappa shape index (κ3) is 8.84. The van der Waals surface area contributed by atoms with Crippen molar-refractivity contribution >= 4 is 40.0 Å². The maximum atomic E-state index is 15.1. The lowest BCUT2D eigenvalue weighted by molar-refractivity contribution is -0.126. The predicted octanol–water partition coefficient (Wildman–Crippen LogP) is 7.65. The van der Waals surface area contributed by atoms with Gasteiger partial charge in [0, 0.05) is 58.2 Å². The summed E-state index contributed by atoms with van der Waals surface area (Å²) >= 11 is 0. The van der Waals surface area contributed by atoms with Crippen molar-refractivity contribution in [2.75, 3.05) is 59.2 Å². The van der Waals surface area contributed by atoms with Crippen LogP contribution in [0, 0.1) is 18.6 Å². The molecule has 0 spiro atoms. The molecular weight excluding hydrogens is 803 g/mol. The molecule has 0 bridgehead atoms. The zero-order valence-electron chi connectivity index (χ0n) is 34.7. The average molecular weight is 847 g/mol. The number of ketones is 1. The molecule has 2 amide bonds. The van der Waals surface area contributed by atoms with E-state index in [2.05, 4.69) is 26.8 Å². The van der Waals surface area contributed by atoms with Crippen LogP contribution in [0.5, 0.6) is 28.7 Å². The maximum Gasteiger partial charge on any atom is 0.258 e. The number of anilines is 2. The summed E-state index contributed by atoms with van der Waals surface area (Å²) < 4.78 is 58.5.